The molecule has 1 aliphatic heterocycles. The molecule has 164 valence electrons. The van der Waals surface area contributed by atoms with Gasteiger partial charge < -0.3 is 11.1 Å². The van der Waals surface area contributed by atoms with Gasteiger partial charge in [-0.15, -0.1) is 0 Å². The summed E-state index contributed by atoms with van der Waals surface area (Å²) in [5, 5.41) is 6.10. The number of fused-ring (bicyclic) bond motifs is 2. The van der Waals surface area contributed by atoms with Crippen LogP contribution in [0.15, 0.2) is 51.1 Å². The third-order valence-corrected chi connectivity index (χ3v) is 5.90. The van der Waals surface area contributed by atoms with E-state index in [1.165, 1.54) is 16.3 Å². The normalized spacial score (nSPS) is 13.0. The summed E-state index contributed by atoms with van der Waals surface area (Å²) in [6.45, 7) is 7.77. The van der Waals surface area contributed by atoms with Gasteiger partial charge in [0.25, 0.3) is 0 Å². The molecule has 2 aromatic rings. The van der Waals surface area contributed by atoms with Gasteiger partial charge in [-0.05, 0) is 31.0 Å². The number of hydrogen-bond donors (Lipinski definition) is 3. The maximum atomic E-state index is 12.5. The number of carbonyl (C=O) groups is 2. The topological polar surface area (TPSA) is 119 Å². The van der Waals surface area contributed by atoms with Crippen molar-refractivity contribution in [3.8, 4) is 0 Å². The van der Waals surface area contributed by atoms with Crippen LogP contribution >= 0.6 is 11.8 Å². The predicted octanol–water partition coefficient (Wildman–Crippen LogP) is 2.52. The number of rotatable bonds is 10. The first-order chi connectivity index (χ1) is 14.7. The number of nitrogens with zero attached hydrogens (tertiary/aromatic N) is 2. The maximum absolute atomic E-state index is 12.5. The highest BCUT2D eigenvalue weighted by molar-refractivity contribution is 7.99. The number of anilines is 2. The van der Waals surface area contributed by atoms with Gasteiger partial charge in [-0.1, -0.05) is 36.9 Å². The molecule has 1 aliphatic rings. The van der Waals surface area contributed by atoms with Crippen molar-refractivity contribution < 1.29 is 9.59 Å². The zero-order chi connectivity index (χ0) is 22.5. The molecule has 0 aliphatic carbocycles. The Balaban J connectivity index is 1.59. The lowest BCUT2D eigenvalue weighted by Crippen LogP contribution is -2.39. The number of nitrogens with one attached hydrogen (secondary N) is 2. The van der Waals surface area contributed by atoms with Crippen LogP contribution in [0.4, 0.5) is 11.5 Å². The minimum atomic E-state index is -0.504. The van der Waals surface area contributed by atoms with Gasteiger partial charge in [0, 0.05) is 23.9 Å². The lowest BCUT2D eigenvalue weighted by Gasteiger charge is -2.20. The standard InChI is InChI=1S/C22H27N5O3S/c1-4-20(23)24-10-15(28)7-14(3)8-16(29)11-27-12-19-21(26-22(27)30)25-17-9-13(2)5-6-18(17)31-19/h5-6,9,12,20,24H,3-4,7-8,10-11,23H2,1-2H3,(H,25,26,30). The lowest BCUT2D eigenvalue weighted by atomic mass is 10.1. The second kappa shape index (κ2) is 10.0. The highest BCUT2D eigenvalue weighted by atomic mass is 32.2. The van der Waals surface area contributed by atoms with E-state index in [-0.39, 0.29) is 43.7 Å². The van der Waals surface area contributed by atoms with Gasteiger partial charge in [0.15, 0.2) is 17.4 Å². The number of aryl methyl sites for hydroxylation is 1. The predicted molar refractivity (Wildman–Crippen MR) is 122 cm³/mol. The minimum absolute atomic E-state index is 0.0304. The molecule has 0 spiro atoms. The number of carbonyl (C=O) groups excluding carboxylic acids is 2. The third-order valence-electron chi connectivity index (χ3n) is 4.81. The van der Waals surface area contributed by atoms with Gasteiger partial charge in [0.05, 0.1) is 29.8 Å². The van der Waals surface area contributed by atoms with Crippen LogP contribution < -0.4 is 22.1 Å². The lowest BCUT2D eigenvalue weighted by molar-refractivity contribution is -0.119. The van der Waals surface area contributed by atoms with Crippen molar-refractivity contribution in [2.24, 2.45) is 5.73 Å². The Kier molecular flexibility index (Phi) is 7.42. The number of aromatic nitrogens is 2. The molecule has 0 radical (unpaired) electrons. The SMILES string of the molecule is C=C(CC(=O)CNC(N)CC)CC(=O)Cn1cc2c(nc1=O)Nc1cc(C)ccc1S2. The van der Waals surface area contributed by atoms with Gasteiger partial charge >= 0.3 is 5.69 Å². The number of allylic oxidation sites excluding steroid dienone is 1. The van der Waals surface area contributed by atoms with Crippen molar-refractivity contribution in [3.05, 3.63) is 52.6 Å². The van der Waals surface area contributed by atoms with Gasteiger partial charge in [-0.3, -0.25) is 19.5 Å². The van der Waals surface area contributed by atoms with Gasteiger partial charge in [0.1, 0.15) is 0 Å². The molecule has 0 saturated heterocycles. The fourth-order valence-corrected chi connectivity index (χ4v) is 4.11. The van der Waals surface area contributed by atoms with Gasteiger partial charge in [-0.2, -0.15) is 4.98 Å². The summed E-state index contributed by atoms with van der Waals surface area (Å²) >= 11 is 1.50. The Hall–Kier alpha value is -2.75. The summed E-state index contributed by atoms with van der Waals surface area (Å²) in [5.74, 6) is 0.208. The average molecular weight is 442 g/mol. The van der Waals surface area contributed by atoms with Crippen molar-refractivity contribution in [1.82, 2.24) is 14.9 Å². The first-order valence-electron chi connectivity index (χ1n) is 10.1. The molecular weight excluding hydrogens is 414 g/mol. The van der Waals surface area contributed by atoms with E-state index in [2.05, 4.69) is 22.2 Å². The van der Waals surface area contributed by atoms with Crippen LogP contribution in [0, 0.1) is 6.92 Å². The molecule has 0 saturated carbocycles. The first kappa shape index (κ1) is 22.9. The minimum Gasteiger partial charge on any atom is -0.338 e. The molecular formula is C22H27N5O3S. The molecule has 0 amide bonds. The molecule has 1 aromatic heterocycles. The summed E-state index contributed by atoms with van der Waals surface area (Å²) in [6, 6.07) is 6.03. The summed E-state index contributed by atoms with van der Waals surface area (Å²) in [6.07, 6.45) is 2.26. The van der Waals surface area contributed by atoms with Crippen LogP contribution in [0.5, 0.6) is 0 Å². The average Bonchev–Trinajstić information content (AvgIpc) is 2.71. The molecule has 1 atom stereocenters. The highest BCUT2D eigenvalue weighted by Gasteiger charge is 2.20. The first-order valence-corrected chi connectivity index (χ1v) is 10.9. The van der Waals surface area contributed by atoms with Crippen molar-refractivity contribution in [2.75, 3.05) is 11.9 Å². The Bertz CT molecular complexity index is 1080. The molecule has 1 aromatic carbocycles. The van der Waals surface area contributed by atoms with Crippen LogP contribution in [0.3, 0.4) is 0 Å². The second-order valence-electron chi connectivity index (χ2n) is 7.67. The summed E-state index contributed by atoms with van der Waals surface area (Å²) < 4.78 is 1.30. The quantitative estimate of drug-likeness (QED) is 0.324. The number of Topliss-reactive ketones (excluding diaryl/α,β-unsaturated/α-hetero) is 2. The molecule has 8 nitrogen and oxygen atoms in total. The highest BCUT2D eigenvalue weighted by Crippen LogP contribution is 2.42. The monoisotopic (exact) mass is 441 g/mol. The van der Waals surface area contributed by atoms with Crippen molar-refractivity contribution in [3.63, 3.8) is 0 Å². The molecule has 4 N–H and O–H groups in total. The van der Waals surface area contributed by atoms with Crippen LogP contribution in [-0.4, -0.2) is 33.8 Å². The fraction of sp³-hybridized carbons (Fsp3) is 0.364. The van der Waals surface area contributed by atoms with E-state index < -0.39 is 5.69 Å². The van der Waals surface area contributed by atoms with Crippen LogP contribution in [0.25, 0.3) is 0 Å². The molecule has 31 heavy (non-hydrogen) atoms. The molecule has 9 heteroatoms. The Labute approximate surface area is 185 Å². The van der Waals surface area contributed by atoms with E-state index in [1.807, 2.05) is 32.0 Å². The van der Waals surface area contributed by atoms with E-state index >= 15 is 0 Å². The second-order valence-corrected chi connectivity index (χ2v) is 8.75. The molecule has 3 rings (SSSR count). The third kappa shape index (κ3) is 6.13. The Morgan fingerprint density at radius 2 is 2.03 bits per heavy atom. The van der Waals surface area contributed by atoms with E-state index in [4.69, 9.17) is 5.73 Å². The smallest absolute Gasteiger partial charge is 0.338 e. The van der Waals surface area contributed by atoms with Crippen LogP contribution in [0.2, 0.25) is 0 Å². The van der Waals surface area contributed by atoms with Gasteiger partial charge in [0.2, 0.25) is 0 Å². The van der Waals surface area contributed by atoms with E-state index in [9.17, 15) is 14.4 Å². The number of benzene rings is 1. The number of nitrogens with two attached hydrogens (primary N) is 1. The largest absolute Gasteiger partial charge is 0.349 e. The van der Waals surface area contributed by atoms with Crippen molar-refractivity contribution in [2.45, 2.75) is 55.6 Å². The van der Waals surface area contributed by atoms with E-state index in [0.717, 1.165) is 27.5 Å². The summed E-state index contributed by atoms with van der Waals surface area (Å²) in [4.78, 5) is 42.7. The fourth-order valence-electron chi connectivity index (χ4n) is 3.14. The molecule has 0 fully saturated rings. The molecule has 0 bridgehead atoms. The zero-order valence-corrected chi connectivity index (χ0v) is 18.6. The van der Waals surface area contributed by atoms with E-state index in [1.54, 1.807) is 6.20 Å². The van der Waals surface area contributed by atoms with E-state index in [0.29, 0.717) is 11.4 Å². The summed E-state index contributed by atoms with van der Waals surface area (Å²) in [7, 11) is 0. The van der Waals surface area contributed by atoms with Crippen molar-refractivity contribution >= 4 is 34.8 Å². The van der Waals surface area contributed by atoms with Gasteiger partial charge in [-0.25, -0.2) is 4.79 Å². The zero-order valence-electron chi connectivity index (χ0n) is 17.7. The van der Waals surface area contributed by atoms with Crippen LogP contribution in [-0.2, 0) is 16.1 Å². The summed E-state index contributed by atoms with van der Waals surface area (Å²) in [5.41, 5.74) is 7.76. The number of ketones is 2. The molecule has 1 unspecified atom stereocenters. The van der Waals surface area contributed by atoms with Crippen LogP contribution in [0.1, 0.15) is 31.7 Å². The Morgan fingerprint density at radius 1 is 1.29 bits per heavy atom. The number of hydrogen-bond acceptors (Lipinski definition) is 8. The molecule has 2 heterocycles. The van der Waals surface area contributed by atoms with Crippen molar-refractivity contribution in [1.29, 1.82) is 0 Å². The Morgan fingerprint density at radius 3 is 2.77 bits per heavy atom. The maximum Gasteiger partial charge on any atom is 0.349 e.